The number of hydrogen-bond donors (Lipinski definition) is 2. The van der Waals surface area contributed by atoms with E-state index in [4.69, 9.17) is 21.1 Å². The van der Waals surface area contributed by atoms with Crippen molar-refractivity contribution in [1.29, 1.82) is 0 Å². The Bertz CT molecular complexity index is 2710. The van der Waals surface area contributed by atoms with Crippen molar-refractivity contribution in [3.63, 3.8) is 0 Å². The molecular formula is C47H51ClN6O8S. The first-order valence-electron chi connectivity index (χ1n) is 21.3. The monoisotopic (exact) mass is 894 g/mol. The molecule has 3 aliphatic rings. The van der Waals surface area contributed by atoms with Crippen LogP contribution in [0.15, 0.2) is 89.6 Å². The summed E-state index contributed by atoms with van der Waals surface area (Å²) in [6, 6.07) is 19.0. The highest BCUT2D eigenvalue weighted by Gasteiger charge is 2.33. The molecule has 0 radical (unpaired) electrons. The van der Waals surface area contributed by atoms with Crippen LogP contribution in [0.2, 0.25) is 5.02 Å². The number of halogens is 1. The van der Waals surface area contributed by atoms with Crippen molar-refractivity contribution >= 4 is 61.3 Å². The number of pyridine rings is 1. The van der Waals surface area contributed by atoms with E-state index in [1.165, 1.54) is 42.0 Å². The van der Waals surface area contributed by atoms with E-state index in [1.54, 1.807) is 24.4 Å². The van der Waals surface area contributed by atoms with Crippen molar-refractivity contribution in [2.45, 2.75) is 70.6 Å². The number of amides is 1. The van der Waals surface area contributed by atoms with Crippen molar-refractivity contribution < 1.29 is 32.4 Å². The van der Waals surface area contributed by atoms with E-state index in [9.17, 15) is 28.1 Å². The number of benzene rings is 3. The maximum absolute atomic E-state index is 14.0. The number of ether oxygens (including phenoxy) is 2. The highest BCUT2D eigenvalue weighted by atomic mass is 35.5. The Hall–Kier alpha value is -5.77. The molecule has 2 N–H and O–H groups in total. The molecule has 0 unspecified atom stereocenters. The third kappa shape index (κ3) is 10.2. The molecule has 1 saturated heterocycles. The summed E-state index contributed by atoms with van der Waals surface area (Å²) in [6.45, 7) is 10.3. The van der Waals surface area contributed by atoms with E-state index in [0.717, 1.165) is 61.1 Å². The van der Waals surface area contributed by atoms with E-state index in [1.807, 2.05) is 18.2 Å². The minimum absolute atomic E-state index is 0.0610. The number of sulfonamides is 1. The molecule has 330 valence electrons. The maximum atomic E-state index is 14.0. The van der Waals surface area contributed by atoms with Crippen molar-refractivity contribution in [1.82, 2.24) is 19.6 Å². The van der Waals surface area contributed by atoms with Gasteiger partial charge in [-0.05, 0) is 104 Å². The molecule has 2 aliphatic heterocycles. The summed E-state index contributed by atoms with van der Waals surface area (Å²) in [7, 11) is -4.64. The smallest absolute Gasteiger partial charge is 0.277 e. The van der Waals surface area contributed by atoms with Gasteiger partial charge in [0, 0.05) is 79.6 Å². The van der Waals surface area contributed by atoms with Crippen LogP contribution in [0.3, 0.4) is 0 Å². The first-order chi connectivity index (χ1) is 30.1. The van der Waals surface area contributed by atoms with Crippen LogP contribution < -0.4 is 19.1 Å². The molecule has 14 nitrogen and oxygen atoms in total. The van der Waals surface area contributed by atoms with Crippen LogP contribution in [-0.2, 0) is 21.2 Å². The Balaban J connectivity index is 1.02. The molecule has 3 aromatic carbocycles. The lowest BCUT2D eigenvalue weighted by Gasteiger charge is -2.39. The predicted molar refractivity (Wildman–Crippen MR) is 242 cm³/mol. The molecule has 1 fully saturated rings. The summed E-state index contributed by atoms with van der Waals surface area (Å²) >= 11 is 6.24. The Morgan fingerprint density at radius 1 is 1.06 bits per heavy atom. The van der Waals surface area contributed by atoms with E-state index in [2.05, 4.69) is 50.5 Å². The van der Waals surface area contributed by atoms with Crippen molar-refractivity contribution in [3.8, 4) is 17.2 Å². The fourth-order valence-electron chi connectivity index (χ4n) is 8.85. The van der Waals surface area contributed by atoms with Gasteiger partial charge in [-0.25, -0.2) is 18.1 Å². The van der Waals surface area contributed by atoms with Gasteiger partial charge in [0.15, 0.2) is 0 Å². The van der Waals surface area contributed by atoms with Crippen LogP contribution >= 0.6 is 11.6 Å². The molecular weight excluding hydrogens is 844 g/mol. The number of aromatic nitrogens is 2. The van der Waals surface area contributed by atoms with Gasteiger partial charge in [0.1, 0.15) is 28.7 Å². The number of carbonyl (C=O) groups is 2. The number of piperazine rings is 1. The second kappa shape index (κ2) is 18.1. The zero-order valence-corrected chi connectivity index (χ0v) is 37.2. The van der Waals surface area contributed by atoms with Gasteiger partial charge in [0.05, 0.1) is 33.7 Å². The van der Waals surface area contributed by atoms with Crippen LogP contribution in [0.5, 0.6) is 17.2 Å². The molecule has 8 rings (SSSR count). The number of fused-ring (bicyclic) bond motifs is 2. The minimum atomic E-state index is -4.64. The molecule has 2 aromatic heterocycles. The number of carbonyl (C=O) groups excluding carboxylic acids is 2. The van der Waals surface area contributed by atoms with E-state index >= 15 is 0 Å². The number of ketones is 1. The van der Waals surface area contributed by atoms with Crippen molar-refractivity contribution in [2.24, 2.45) is 11.3 Å². The number of nitrogens with one attached hydrogen (secondary N) is 2. The average Bonchev–Trinajstić information content (AvgIpc) is 3.72. The Labute approximate surface area is 371 Å². The van der Waals surface area contributed by atoms with Gasteiger partial charge in [-0.2, -0.15) is 0 Å². The number of H-pyrrole nitrogens is 1. The van der Waals surface area contributed by atoms with E-state index in [-0.39, 0.29) is 46.3 Å². The second-order valence-electron chi connectivity index (χ2n) is 17.6. The molecule has 0 spiro atoms. The van der Waals surface area contributed by atoms with Gasteiger partial charge in [0.2, 0.25) is 0 Å². The topological polar surface area (TPSA) is 177 Å². The van der Waals surface area contributed by atoms with Crippen LogP contribution in [0, 0.1) is 21.4 Å². The third-order valence-electron chi connectivity index (χ3n) is 12.3. The van der Waals surface area contributed by atoms with Gasteiger partial charge in [-0.1, -0.05) is 43.2 Å². The number of nitrogens with zero attached hydrogens (tertiary/aromatic N) is 4. The minimum Gasteiger partial charge on any atom is -0.493 e. The Kier molecular flexibility index (Phi) is 12.6. The van der Waals surface area contributed by atoms with Crippen LogP contribution in [0.4, 0.5) is 11.4 Å². The molecule has 5 aromatic rings. The van der Waals surface area contributed by atoms with Crippen LogP contribution in [0.1, 0.15) is 80.8 Å². The maximum Gasteiger partial charge on any atom is 0.277 e. The second-order valence-corrected chi connectivity index (χ2v) is 19.8. The Morgan fingerprint density at radius 2 is 1.84 bits per heavy atom. The number of anilines is 1. The SMILES string of the molecule is CC(=O)CCC[C@@H]1COc2cc(S(=O)(=O)NC(=O)c3ccc(N4CCN(CC5=C(c6ccc(Cl)cc6)CC(C)(C)CC5)CC4)cc3Oc3cnc4[nH]ccc4c3)cc([N+](=O)[O-])c2C1. The van der Waals surface area contributed by atoms with Crippen molar-refractivity contribution in [3.05, 3.63) is 117 Å². The molecule has 1 aliphatic carbocycles. The average molecular weight is 895 g/mol. The van der Waals surface area contributed by atoms with E-state index < -0.39 is 31.4 Å². The molecule has 63 heavy (non-hydrogen) atoms. The number of aromatic amines is 1. The zero-order valence-electron chi connectivity index (χ0n) is 35.6. The number of Topliss-reactive ketones (excluding diaryl/α,β-unsaturated/α-hetero) is 1. The third-order valence-corrected chi connectivity index (χ3v) is 13.9. The lowest BCUT2D eigenvalue weighted by atomic mass is 9.72. The highest BCUT2D eigenvalue weighted by Crippen LogP contribution is 2.44. The number of nitro groups is 1. The summed E-state index contributed by atoms with van der Waals surface area (Å²) in [5, 5.41) is 13.7. The number of rotatable bonds is 14. The fourth-order valence-corrected chi connectivity index (χ4v) is 9.98. The first kappa shape index (κ1) is 43.9. The zero-order chi connectivity index (χ0) is 44.5. The van der Waals surface area contributed by atoms with Gasteiger partial charge in [0.25, 0.3) is 21.6 Å². The summed E-state index contributed by atoms with van der Waals surface area (Å²) in [4.78, 5) is 48.7. The Morgan fingerprint density at radius 3 is 2.59 bits per heavy atom. The molecule has 0 saturated carbocycles. The van der Waals surface area contributed by atoms with Gasteiger partial charge in [-0.15, -0.1) is 0 Å². The summed E-state index contributed by atoms with van der Waals surface area (Å²) < 4.78 is 42.0. The van der Waals surface area contributed by atoms with Crippen LogP contribution in [-0.4, -0.2) is 79.2 Å². The predicted octanol–water partition coefficient (Wildman–Crippen LogP) is 9.13. The van der Waals surface area contributed by atoms with Gasteiger partial charge >= 0.3 is 0 Å². The van der Waals surface area contributed by atoms with Crippen molar-refractivity contribution in [2.75, 3.05) is 44.2 Å². The molecule has 0 bridgehead atoms. The number of allylic oxidation sites excluding steroid dienone is 1. The lowest BCUT2D eigenvalue weighted by molar-refractivity contribution is -0.386. The van der Waals surface area contributed by atoms with E-state index in [0.29, 0.717) is 50.2 Å². The molecule has 1 amide bonds. The van der Waals surface area contributed by atoms with Crippen LogP contribution in [0.25, 0.3) is 16.6 Å². The number of hydrogen-bond acceptors (Lipinski definition) is 11. The molecule has 16 heteroatoms. The highest BCUT2D eigenvalue weighted by molar-refractivity contribution is 7.90. The largest absolute Gasteiger partial charge is 0.493 e. The summed E-state index contributed by atoms with van der Waals surface area (Å²) in [6.07, 6.45) is 8.39. The number of nitro benzene ring substituents is 1. The normalized spacial score (nSPS) is 17.8. The quantitative estimate of drug-likeness (QED) is 0.0803. The lowest BCUT2D eigenvalue weighted by Crippen LogP contribution is -2.47. The van der Waals surface area contributed by atoms with Gasteiger partial charge < -0.3 is 24.2 Å². The molecule has 4 heterocycles. The standard InChI is InChI=1S/C47H51ClN6O8S/c1-30(55)5-4-6-31-21-40-42(54(57)58)24-38(25-43(40)61-29-31)63(59,60)51-46(56)39-12-11-36(23-44(39)62-37-22-33-14-16-49-45(33)50-27-37)53-19-17-52(18-20-53)28-34-13-15-47(2,3)26-41(34)32-7-9-35(48)10-8-32/h7-12,14,16,22-25,27,31H,4-6,13,15,17-21,26,28-29H2,1-3H3,(H,49,50)(H,51,56)/t31-/m0/s1. The summed E-state index contributed by atoms with van der Waals surface area (Å²) in [5.74, 6) is -0.476. The fraction of sp³-hybridized carbons (Fsp3) is 0.383. The first-order valence-corrected chi connectivity index (χ1v) is 23.2. The molecule has 1 atom stereocenters. The van der Waals surface area contributed by atoms with Gasteiger partial charge in [-0.3, -0.25) is 19.8 Å². The summed E-state index contributed by atoms with van der Waals surface area (Å²) in [5.41, 5.74) is 5.55.